The van der Waals surface area contributed by atoms with Gasteiger partial charge in [0.05, 0.1) is 16.5 Å². The second-order valence-electron chi connectivity index (χ2n) is 4.64. The number of aromatic nitrogens is 1. The highest BCUT2D eigenvalue weighted by molar-refractivity contribution is 7.20. The van der Waals surface area contributed by atoms with E-state index in [0.29, 0.717) is 11.4 Å². The largest absolute Gasteiger partial charge is 0.469 e. The minimum atomic E-state index is -0.134. The maximum absolute atomic E-state index is 12.2. The standard InChI is InChI=1S/C15H14N2O2S/c1-10(9-11-5-4-8-19-11)16-14(18)15-17-12-6-2-3-7-13(12)20-15/h2-8,10H,9H2,1H3,(H,16,18). The Kier molecular flexibility index (Phi) is 3.52. The molecule has 0 aliphatic rings. The van der Waals surface area contributed by atoms with E-state index >= 15 is 0 Å². The van der Waals surface area contributed by atoms with Crippen molar-refractivity contribution in [2.24, 2.45) is 0 Å². The summed E-state index contributed by atoms with van der Waals surface area (Å²) in [6, 6.07) is 11.5. The van der Waals surface area contributed by atoms with Crippen LogP contribution < -0.4 is 5.32 Å². The fourth-order valence-electron chi connectivity index (χ4n) is 2.04. The smallest absolute Gasteiger partial charge is 0.280 e. The van der Waals surface area contributed by atoms with Crippen LogP contribution in [-0.4, -0.2) is 16.9 Å². The van der Waals surface area contributed by atoms with Crippen molar-refractivity contribution in [1.29, 1.82) is 0 Å². The van der Waals surface area contributed by atoms with E-state index in [4.69, 9.17) is 4.42 Å². The third-order valence-corrected chi connectivity index (χ3v) is 3.99. The van der Waals surface area contributed by atoms with Crippen LogP contribution >= 0.6 is 11.3 Å². The molecule has 0 aliphatic heterocycles. The first kappa shape index (κ1) is 12.9. The van der Waals surface area contributed by atoms with Gasteiger partial charge in [-0.05, 0) is 31.2 Å². The third kappa shape index (κ3) is 2.72. The average molecular weight is 286 g/mol. The Labute approximate surface area is 120 Å². The molecule has 2 heterocycles. The molecule has 0 bridgehead atoms. The topological polar surface area (TPSA) is 55.1 Å². The normalized spacial score (nSPS) is 12.4. The number of nitrogens with one attached hydrogen (secondary N) is 1. The van der Waals surface area contributed by atoms with E-state index in [2.05, 4.69) is 10.3 Å². The highest BCUT2D eigenvalue weighted by atomic mass is 32.1. The molecule has 1 aromatic carbocycles. The van der Waals surface area contributed by atoms with Crippen LogP contribution in [0.15, 0.2) is 47.1 Å². The van der Waals surface area contributed by atoms with Crippen molar-refractivity contribution in [3.63, 3.8) is 0 Å². The molecule has 1 unspecified atom stereocenters. The van der Waals surface area contributed by atoms with Gasteiger partial charge in [-0.1, -0.05) is 12.1 Å². The molecular weight excluding hydrogens is 272 g/mol. The number of carbonyl (C=O) groups is 1. The first-order valence-corrected chi connectivity index (χ1v) is 7.23. The zero-order valence-electron chi connectivity index (χ0n) is 11.0. The molecule has 0 spiro atoms. The SMILES string of the molecule is CC(Cc1ccco1)NC(=O)c1nc2ccccc2s1. The molecule has 4 nitrogen and oxygen atoms in total. The van der Waals surface area contributed by atoms with Crippen LogP contribution in [0.1, 0.15) is 22.5 Å². The Morgan fingerprint density at radius 3 is 2.95 bits per heavy atom. The van der Waals surface area contributed by atoms with E-state index in [1.807, 2.05) is 43.3 Å². The van der Waals surface area contributed by atoms with Crippen LogP contribution in [0, 0.1) is 0 Å². The summed E-state index contributed by atoms with van der Waals surface area (Å²) in [7, 11) is 0. The zero-order chi connectivity index (χ0) is 13.9. The van der Waals surface area contributed by atoms with Crippen molar-refractivity contribution in [3.8, 4) is 0 Å². The molecule has 0 saturated heterocycles. The summed E-state index contributed by atoms with van der Waals surface area (Å²) in [4.78, 5) is 16.5. The molecule has 5 heteroatoms. The summed E-state index contributed by atoms with van der Waals surface area (Å²) in [6.45, 7) is 1.95. The van der Waals surface area contributed by atoms with E-state index in [0.717, 1.165) is 16.0 Å². The number of carbonyl (C=O) groups excluding carboxylic acids is 1. The Morgan fingerprint density at radius 1 is 1.35 bits per heavy atom. The monoisotopic (exact) mass is 286 g/mol. The number of hydrogen-bond donors (Lipinski definition) is 1. The lowest BCUT2D eigenvalue weighted by molar-refractivity contribution is 0.0939. The highest BCUT2D eigenvalue weighted by Crippen LogP contribution is 2.21. The van der Waals surface area contributed by atoms with Gasteiger partial charge in [0.2, 0.25) is 0 Å². The molecule has 0 fully saturated rings. The van der Waals surface area contributed by atoms with Gasteiger partial charge >= 0.3 is 0 Å². The molecule has 102 valence electrons. The summed E-state index contributed by atoms with van der Waals surface area (Å²) < 4.78 is 6.30. The molecule has 20 heavy (non-hydrogen) atoms. The van der Waals surface area contributed by atoms with E-state index in [1.54, 1.807) is 6.26 Å². The molecule has 1 N–H and O–H groups in total. The lowest BCUT2D eigenvalue weighted by Gasteiger charge is -2.10. The predicted molar refractivity (Wildman–Crippen MR) is 79.0 cm³/mol. The number of fused-ring (bicyclic) bond motifs is 1. The number of thiazole rings is 1. The van der Waals surface area contributed by atoms with Crippen molar-refractivity contribution in [3.05, 3.63) is 53.4 Å². The number of furan rings is 1. The van der Waals surface area contributed by atoms with E-state index in [-0.39, 0.29) is 11.9 Å². The van der Waals surface area contributed by atoms with Crippen LogP contribution in [0.25, 0.3) is 10.2 Å². The van der Waals surface area contributed by atoms with Gasteiger partial charge in [-0.25, -0.2) is 4.98 Å². The van der Waals surface area contributed by atoms with Gasteiger partial charge in [0, 0.05) is 12.5 Å². The number of rotatable bonds is 4. The first-order chi connectivity index (χ1) is 9.72. The van der Waals surface area contributed by atoms with Crippen LogP contribution in [0.4, 0.5) is 0 Å². The Bertz CT molecular complexity index is 685. The summed E-state index contributed by atoms with van der Waals surface area (Å²) >= 11 is 1.41. The predicted octanol–water partition coefficient (Wildman–Crippen LogP) is 3.25. The number of para-hydroxylation sites is 1. The second kappa shape index (κ2) is 5.46. The number of hydrogen-bond acceptors (Lipinski definition) is 4. The van der Waals surface area contributed by atoms with Crippen molar-refractivity contribution in [1.82, 2.24) is 10.3 Å². The zero-order valence-corrected chi connectivity index (χ0v) is 11.8. The average Bonchev–Trinajstić information content (AvgIpc) is 3.06. The minimum Gasteiger partial charge on any atom is -0.469 e. The summed E-state index contributed by atoms with van der Waals surface area (Å²) in [6.07, 6.45) is 2.31. The number of amides is 1. The van der Waals surface area contributed by atoms with Crippen LogP contribution in [-0.2, 0) is 6.42 Å². The molecule has 1 atom stereocenters. The fraction of sp³-hybridized carbons (Fsp3) is 0.200. The molecule has 0 radical (unpaired) electrons. The van der Waals surface area contributed by atoms with Gasteiger partial charge < -0.3 is 9.73 Å². The van der Waals surface area contributed by atoms with Gasteiger partial charge in [0.1, 0.15) is 5.76 Å². The number of benzene rings is 1. The summed E-state index contributed by atoms with van der Waals surface area (Å²) in [5.41, 5.74) is 0.862. The Balaban J connectivity index is 1.69. The minimum absolute atomic E-state index is 0.000613. The van der Waals surface area contributed by atoms with Gasteiger partial charge in [-0.2, -0.15) is 0 Å². The maximum atomic E-state index is 12.2. The lowest BCUT2D eigenvalue weighted by atomic mass is 10.2. The van der Waals surface area contributed by atoms with Crippen molar-refractivity contribution in [2.75, 3.05) is 0 Å². The molecule has 3 rings (SSSR count). The fourth-order valence-corrected chi connectivity index (χ4v) is 2.91. The van der Waals surface area contributed by atoms with E-state index < -0.39 is 0 Å². The van der Waals surface area contributed by atoms with Crippen molar-refractivity contribution < 1.29 is 9.21 Å². The molecule has 1 amide bonds. The maximum Gasteiger partial charge on any atom is 0.280 e. The quantitative estimate of drug-likeness (QED) is 0.801. The summed E-state index contributed by atoms with van der Waals surface area (Å²) in [5.74, 6) is 0.729. The molecule has 3 aromatic rings. The van der Waals surface area contributed by atoms with Gasteiger partial charge in [0.15, 0.2) is 5.01 Å². The lowest BCUT2D eigenvalue weighted by Crippen LogP contribution is -2.33. The van der Waals surface area contributed by atoms with Crippen LogP contribution in [0.5, 0.6) is 0 Å². The summed E-state index contributed by atoms with van der Waals surface area (Å²) in [5, 5.41) is 3.44. The Hall–Kier alpha value is -2.14. The van der Waals surface area contributed by atoms with E-state index in [9.17, 15) is 4.79 Å². The first-order valence-electron chi connectivity index (χ1n) is 6.41. The molecule has 2 aromatic heterocycles. The van der Waals surface area contributed by atoms with Crippen LogP contribution in [0.3, 0.4) is 0 Å². The highest BCUT2D eigenvalue weighted by Gasteiger charge is 2.15. The second-order valence-corrected chi connectivity index (χ2v) is 5.68. The van der Waals surface area contributed by atoms with Crippen molar-refractivity contribution >= 4 is 27.5 Å². The third-order valence-electron chi connectivity index (χ3n) is 2.95. The number of nitrogens with zero attached hydrogens (tertiary/aromatic N) is 1. The van der Waals surface area contributed by atoms with Crippen LogP contribution in [0.2, 0.25) is 0 Å². The van der Waals surface area contributed by atoms with Crippen molar-refractivity contribution in [2.45, 2.75) is 19.4 Å². The van der Waals surface area contributed by atoms with E-state index in [1.165, 1.54) is 11.3 Å². The molecule has 0 aliphatic carbocycles. The molecular formula is C15H14N2O2S. The van der Waals surface area contributed by atoms with Gasteiger partial charge in [-0.15, -0.1) is 11.3 Å². The molecule has 0 saturated carbocycles. The van der Waals surface area contributed by atoms with Gasteiger partial charge in [-0.3, -0.25) is 4.79 Å². The van der Waals surface area contributed by atoms with Gasteiger partial charge in [0.25, 0.3) is 5.91 Å². The Morgan fingerprint density at radius 2 is 2.20 bits per heavy atom.